The summed E-state index contributed by atoms with van der Waals surface area (Å²) in [4.78, 5) is 4.07. The highest BCUT2D eigenvalue weighted by Gasteiger charge is 2.12. The first-order chi connectivity index (χ1) is 10.0. The molecule has 1 aromatic heterocycles. The zero-order valence-corrected chi connectivity index (χ0v) is 13.8. The zero-order valence-electron chi connectivity index (χ0n) is 12.3. The SMILES string of the molecule is CCOc1ccc(C(C)Nc2c(C)cc(Cl)nc2Cl)cc1. The molecule has 0 aliphatic carbocycles. The fourth-order valence-corrected chi connectivity index (χ4v) is 2.67. The van der Waals surface area contributed by atoms with Crippen LogP contribution in [-0.4, -0.2) is 11.6 Å². The Bertz CT molecular complexity index is 591. The van der Waals surface area contributed by atoms with E-state index in [9.17, 15) is 0 Å². The quantitative estimate of drug-likeness (QED) is 0.761. The number of nitrogens with zero attached hydrogens (tertiary/aromatic N) is 1. The standard InChI is InChI=1S/C16H18Cl2N2O/c1-4-21-13-7-5-12(6-8-13)11(3)19-15-10(2)9-14(17)20-16(15)18/h5-9,11,19H,4H2,1-3H3. The van der Waals surface area contributed by atoms with E-state index in [1.54, 1.807) is 6.07 Å². The van der Waals surface area contributed by atoms with Crippen LogP contribution in [0.3, 0.4) is 0 Å². The molecule has 0 bridgehead atoms. The Hall–Kier alpha value is -1.45. The smallest absolute Gasteiger partial charge is 0.154 e. The summed E-state index contributed by atoms with van der Waals surface area (Å²) < 4.78 is 5.44. The van der Waals surface area contributed by atoms with Crippen LogP contribution in [0.4, 0.5) is 5.69 Å². The Kier molecular flexibility index (Phi) is 5.32. The number of anilines is 1. The van der Waals surface area contributed by atoms with Crippen molar-refractivity contribution in [3.63, 3.8) is 0 Å². The molecular formula is C16H18Cl2N2O. The molecule has 1 unspecified atom stereocenters. The average Bonchev–Trinajstić information content (AvgIpc) is 2.43. The van der Waals surface area contributed by atoms with Gasteiger partial charge in [0.25, 0.3) is 0 Å². The lowest BCUT2D eigenvalue weighted by atomic mass is 10.1. The number of ether oxygens (including phenoxy) is 1. The third-order valence-corrected chi connectivity index (χ3v) is 3.66. The van der Waals surface area contributed by atoms with E-state index < -0.39 is 0 Å². The maximum atomic E-state index is 6.15. The first kappa shape index (κ1) is 15.9. The lowest BCUT2D eigenvalue weighted by Gasteiger charge is -2.18. The van der Waals surface area contributed by atoms with Crippen LogP contribution in [0.15, 0.2) is 30.3 Å². The van der Waals surface area contributed by atoms with Crippen molar-refractivity contribution in [3.8, 4) is 5.75 Å². The van der Waals surface area contributed by atoms with E-state index in [1.807, 2.05) is 38.1 Å². The number of nitrogens with one attached hydrogen (secondary N) is 1. The number of hydrogen-bond acceptors (Lipinski definition) is 3. The lowest BCUT2D eigenvalue weighted by Crippen LogP contribution is -2.09. The average molecular weight is 325 g/mol. The van der Waals surface area contributed by atoms with Crippen molar-refractivity contribution in [3.05, 3.63) is 51.8 Å². The summed E-state index contributed by atoms with van der Waals surface area (Å²) in [5.41, 5.74) is 2.92. The molecule has 0 aliphatic heterocycles. The number of aryl methyl sites for hydroxylation is 1. The van der Waals surface area contributed by atoms with E-state index >= 15 is 0 Å². The van der Waals surface area contributed by atoms with Gasteiger partial charge in [0.2, 0.25) is 0 Å². The van der Waals surface area contributed by atoms with E-state index in [0.717, 1.165) is 22.6 Å². The van der Waals surface area contributed by atoms with Gasteiger partial charge < -0.3 is 10.1 Å². The van der Waals surface area contributed by atoms with E-state index in [0.29, 0.717) is 16.9 Å². The van der Waals surface area contributed by atoms with Crippen LogP contribution < -0.4 is 10.1 Å². The van der Waals surface area contributed by atoms with Gasteiger partial charge in [0, 0.05) is 6.04 Å². The largest absolute Gasteiger partial charge is 0.494 e. The molecule has 0 saturated carbocycles. The van der Waals surface area contributed by atoms with Crippen LogP contribution in [-0.2, 0) is 0 Å². The number of rotatable bonds is 5. The van der Waals surface area contributed by atoms with Gasteiger partial charge in [-0.3, -0.25) is 0 Å². The summed E-state index contributed by atoms with van der Waals surface area (Å²) in [5.74, 6) is 0.871. The van der Waals surface area contributed by atoms with Gasteiger partial charge in [-0.05, 0) is 50.1 Å². The van der Waals surface area contributed by atoms with E-state index in [2.05, 4.69) is 17.2 Å². The van der Waals surface area contributed by atoms with E-state index in [-0.39, 0.29) is 6.04 Å². The molecule has 0 saturated heterocycles. The highest BCUT2D eigenvalue weighted by molar-refractivity contribution is 6.34. The summed E-state index contributed by atoms with van der Waals surface area (Å²) in [7, 11) is 0. The molecule has 0 fully saturated rings. The molecule has 1 N–H and O–H groups in total. The maximum Gasteiger partial charge on any atom is 0.154 e. The highest BCUT2D eigenvalue weighted by atomic mass is 35.5. The van der Waals surface area contributed by atoms with Crippen molar-refractivity contribution < 1.29 is 4.74 Å². The minimum Gasteiger partial charge on any atom is -0.494 e. The summed E-state index contributed by atoms with van der Waals surface area (Å²) >= 11 is 12.0. The molecule has 0 amide bonds. The van der Waals surface area contributed by atoms with Crippen molar-refractivity contribution in [1.82, 2.24) is 4.98 Å². The predicted molar refractivity (Wildman–Crippen MR) is 88.6 cm³/mol. The molecule has 21 heavy (non-hydrogen) atoms. The van der Waals surface area contributed by atoms with Gasteiger partial charge in [-0.1, -0.05) is 35.3 Å². The second-order valence-corrected chi connectivity index (χ2v) is 5.54. The maximum absolute atomic E-state index is 6.15. The zero-order chi connectivity index (χ0) is 15.4. The fraction of sp³-hybridized carbons (Fsp3) is 0.312. The molecular weight excluding hydrogens is 307 g/mol. The highest BCUT2D eigenvalue weighted by Crippen LogP contribution is 2.30. The van der Waals surface area contributed by atoms with E-state index in [1.165, 1.54) is 0 Å². The summed E-state index contributed by atoms with van der Waals surface area (Å²) in [5, 5.41) is 4.17. The second kappa shape index (κ2) is 7.01. The third kappa shape index (κ3) is 4.02. The minimum atomic E-state index is 0.0971. The van der Waals surface area contributed by atoms with Gasteiger partial charge in [0.15, 0.2) is 5.15 Å². The first-order valence-electron chi connectivity index (χ1n) is 6.83. The fourth-order valence-electron chi connectivity index (χ4n) is 2.09. The molecule has 0 spiro atoms. The first-order valence-corrected chi connectivity index (χ1v) is 7.58. The molecule has 112 valence electrons. The Balaban J connectivity index is 2.16. The van der Waals surface area contributed by atoms with Crippen molar-refractivity contribution >= 4 is 28.9 Å². The van der Waals surface area contributed by atoms with Crippen LogP contribution in [0.5, 0.6) is 5.75 Å². The number of benzene rings is 1. The minimum absolute atomic E-state index is 0.0971. The third-order valence-electron chi connectivity index (χ3n) is 3.19. The van der Waals surface area contributed by atoms with Gasteiger partial charge >= 0.3 is 0 Å². The Morgan fingerprint density at radius 2 is 1.90 bits per heavy atom. The second-order valence-electron chi connectivity index (χ2n) is 4.80. The number of pyridine rings is 1. The molecule has 2 aromatic rings. The normalized spacial score (nSPS) is 12.0. The molecule has 3 nitrogen and oxygen atoms in total. The topological polar surface area (TPSA) is 34.1 Å². The van der Waals surface area contributed by atoms with Gasteiger partial charge in [-0.15, -0.1) is 0 Å². The van der Waals surface area contributed by atoms with Crippen LogP contribution in [0.2, 0.25) is 10.3 Å². The van der Waals surface area contributed by atoms with Crippen molar-refractivity contribution in [2.45, 2.75) is 26.8 Å². The molecule has 1 atom stereocenters. The summed E-state index contributed by atoms with van der Waals surface area (Å²) in [6.07, 6.45) is 0. The number of hydrogen-bond donors (Lipinski definition) is 1. The monoisotopic (exact) mass is 324 g/mol. The number of halogens is 2. The summed E-state index contributed by atoms with van der Waals surface area (Å²) in [6.45, 7) is 6.65. The number of aromatic nitrogens is 1. The Morgan fingerprint density at radius 3 is 2.48 bits per heavy atom. The molecule has 1 aromatic carbocycles. The van der Waals surface area contributed by atoms with Gasteiger partial charge in [-0.2, -0.15) is 0 Å². The summed E-state index contributed by atoms with van der Waals surface area (Å²) in [6, 6.07) is 9.89. The van der Waals surface area contributed by atoms with Crippen molar-refractivity contribution in [1.29, 1.82) is 0 Å². The molecule has 1 heterocycles. The molecule has 5 heteroatoms. The Labute approximate surface area is 135 Å². The molecule has 2 rings (SSSR count). The van der Waals surface area contributed by atoms with Crippen LogP contribution in [0, 0.1) is 6.92 Å². The van der Waals surface area contributed by atoms with Crippen LogP contribution in [0.25, 0.3) is 0 Å². The van der Waals surface area contributed by atoms with Crippen LogP contribution >= 0.6 is 23.2 Å². The van der Waals surface area contributed by atoms with Crippen molar-refractivity contribution in [2.75, 3.05) is 11.9 Å². The van der Waals surface area contributed by atoms with E-state index in [4.69, 9.17) is 27.9 Å². The van der Waals surface area contributed by atoms with Gasteiger partial charge in [0.05, 0.1) is 12.3 Å². The van der Waals surface area contributed by atoms with Crippen LogP contribution in [0.1, 0.15) is 31.0 Å². The van der Waals surface area contributed by atoms with Crippen molar-refractivity contribution in [2.24, 2.45) is 0 Å². The predicted octanol–water partition coefficient (Wildman–Crippen LogP) is 5.27. The van der Waals surface area contributed by atoms with Gasteiger partial charge in [0.1, 0.15) is 10.9 Å². The Morgan fingerprint density at radius 1 is 1.24 bits per heavy atom. The van der Waals surface area contributed by atoms with Gasteiger partial charge in [-0.25, -0.2) is 4.98 Å². The lowest BCUT2D eigenvalue weighted by molar-refractivity contribution is 0.340. The molecule has 0 radical (unpaired) electrons. The molecule has 0 aliphatic rings.